The number of aromatic nitrogens is 1. The first-order chi connectivity index (χ1) is 16.9. The molecule has 1 heterocycles. The lowest BCUT2D eigenvalue weighted by Gasteiger charge is -2.15. The summed E-state index contributed by atoms with van der Waals surface area (Å²) in [6, 6.07) is 26.8. The number of para-hydroxylation sites is 1. The zero-order valence-corrected chi connectivity index (χ0v) is 20.0. The molecule has 0 saturated heterocycles. The van der Waals surface area contributed by atoms with Gasteiger partial charge in [-0.15, -0.1) is 0 Å². The fourth-order valence-electron chi connectivity index (χ4n) is 4.23. The van der Waals surface area contributed by atoms with Crippen LogP contribution in [0.5, 0.6) is 5.75 Å². The number of nitrogens with zero attached hydrogens (tertiary/aromatic N) is 1. The van der Waals surface area contributed by atoms with Gasteiger partial charge in [-0.2, -0.15) is 0 Å². The molecule has 0 radical (unpaired) electrons. The Morgan fingerprint density at radius 3 is 2.17 bits per heavy atom. The van der Waals surface area contributed by atoms with Crippen molar-refractivity contribution in [1.29, 1.82) is 0 Å². The van der Waals surface area contributed by atoms with Crippen LogP contribution < -0.4 is 5.56 Å². The average molecular weight is 504 g/mol. The van der Waals surface area contributed by atoms with E-state index < -0.39 is 5.82 Å². The summed E-state index contributed by atoms with van der Waals surface area (Å²) in [5.41, 5.74) is 4.21. The normalized spacial score (nSPS) is 11.2. The molecule has 5 aromatic rings. The van der Waals surface area contributed by atoms with Gasteiger partial charge in [0.1, 0.15) is 11.6 Å². The summed E-state index contributed by atoms with van der Waals surface area (Å²) >= 11 is 11.9. The van der Waals surface area contributed by atoms with Crippen molar-refractivity contribution in [2.75, 3.05) is 0 Å². The first kappa shape index (κ1) is 23.2. The highest BCUT2D eigenvalue weighted by atomic mass is 35.5. The zero-order valence-electron chi connectivity index (χ0n) is 18.5. The number of aromatic hydroxyl groups is 1. The lowest BCUT2D eigenvalue weighted by molar-refractivity contribution is 0.472. The standard InChI is InChI=1S/C29H20Cl2FNO2/c30-22-12-7-19(8-13-22)17-33-27-4-2-1-3-23(27)28(34)24(29(33)35)15-18-5-9-20(10-6-18)21-11-14-26(32)25(31)16-21/h1-14,16,34H,15,17H2. The SMILES string of the molecule is O=c1c(Cc2ccc(-c3ccc(F)c(Cl)c3)cc2)c(O)c2ccccc2n1Cc1ccc(Cl)cc1. The number of halogens is 3. The van der Waals surface area contributed by atoms with Crippen molar-refractivity contribution in [2.24, 2.45) is 0 Å². The van der Waals surface area contributed by atoms with Crippen molar-refractivity contribution in [3.8, 4) is 16.9 Å². The molecule has 0 unspecified atom stereocenters. The number of rotatable bonds is 5. The van der Waals surface area contributed by atoms with Crippen LogP contribution in [-0.2, 0) is 13.0 Å². The van der Waals surface area contributed by atoms with Crippen LogP contribution in [0, 0.1) is 5.82 Å². The minimum absolute atomic E-state index is 0.00708. The Bertz CT molecular complexity index is 1590. The monoisotopic (exact) mass is 503 g/mol. The molecule has 6 heteroatoms. The van der Waals surface area contributed by atoms with Gasteiger partial charge in [-0.25, -0.2) is 4.39 Å². The van der Waals surface area contributed by atoms with E-state index in [4.69, 9.17) is 23.2 Å². The number of hydrogen-bond acceptors (Lipinski definition) is 2. The van der Waals surface area contributed by atoms with E-state index >= 15 is 0 Å². The molecule has 0 aliphatic rings. The molecule has 0 fully saturated rings. The number of pyridine rings is 1. The maximum atomic E-state index is 13.6. The van der Waals surface area contributed by atoms with Gasteiger partial charge in [-0.1, -0.05) is 77.8 Å². The molecular weight excluding hydrogens is 484 g/mol. The Labute approximate surface area is 211 Å². The maximum Gasteiger partial charge on any atom is 0.258 e. The molecule has 0 atom stereocenters. The minimum atomic E-state index is -0.464. The zero-order chi connectivity index (χ0) is 24.5. The molecule has 3 nitrogen and oxygen atoms in total. The fraction of sp³-hybridized carbons (Fsp3) is 0.0690. The summed E-state index contributed by atoms with van der Waals surface area (Å²) in [6.45, 7) is 0.355. The van der Waals surface area contributed by atoms with Gasteiger partial charge in [0.05, 0.1) is 22.6 Å². The predicted octanol–water partition coefficient (Wildman–Crippen LogP) is 7.46. The summed E-state index contributed by atoms with van der Waals surface area (Å²) in [5.74, 6) is -0.471. The molecule has 5 rings (SSSR count). The highest BCUT2D eigenvalue weighted by Crippen LogP contribution is 2.30. The topological polar surface area (TPSA) is 42.2 Å². The summed E-state index contributed by atoms with van der Waals surface area (Å²) < 4.78 is 15.2. The van der Waals surface area contributed by atoms with Gasteiger partial charge in [-0.05, 0) is 58.7 Å². The Morgan fingerprint density at radius 2 is 1.46 bits per heavy atom. The van der Waals surface area contributed by atoms with E-state index in [9.17, 15) is 14.3 Å². The molecule has 0 amide bonds. The van der Waals surface area contributed by atoms with E-state index in [2.05, 4.69) is 0 Å². The highest BCUT2D eigenvalue weighted by Gasteiger charge is 2.17. The Morgan fingerprint density at radius 1 is 0.800 bits per heavy atom. The van der Waals surface area contributed by atoms with Gasteiger partial charge < -0.3 is 9.67 Å². The number of benzene rings is 4. The Kier molecular flexibility index (Phi) is 6.33. The first-order valence-electron chi connectivity index (χ1n) is 11.0. The summed E-state index contributed by atoms with van der Waals surface area (Å²) in [5, 5.41) is 12.3. The third-order valence-electron chi connectivity index (χ3n) is 6.08. The molecule has 0 saturated carbocycles. The van der Waals surface area contributed by atoms with Crippen molar-refractivity contribution >= 4 is 34.1 Å². The van der Waals surface area contributed by atoms with Gasteiger partial charge in [-0.3, -0.25) is 4.79 Å². The quantitative estimate of drug-likeness (QED) is 0.270. The largest absolute Gasteiger partial charge is 0.507 e. The molecule has 1 N–H and O–H groups in total. The highest BCUT2D eigenvalue weighted by molar-refractivity contribution is 6.31. The van der Waals surface area contributed by atoms with E-state index in [1.807, 2.05) is 60.7 Å². The predicted molar refractivity (Wildman–Crippen MR) is 140 cm³/mol. The second-order valence-electron chi connectivity index (χ2n) is 8.36. The van der Waals surface area contributed by atoms with Crippen molar-refractivity contribution in [1.82, 2.24) is 4.57 Å². The van der Waals surface area contributed by atoms with Gasteiger partial charge in [0, 0.05) is 16.8 Å². The molecule has 0 aliphatic heterocycles. The van der Waals surface area contributed by atoms with Crippen LogP contribution in [-0.4, -0.2) is 9.67 Å². The van der Waals surface area contributed by atoms with Crippen LogP contribution in [0.2, 0.25) is 10.0 Å². The summed E-state index contributed by atoms with van der Waals surface area (Å²) in [7, 11) is 0. The van der Waals surface area contributed by atoms with Crippen molar-refractivity contribution < 1.29 is 9.50 Å². The molecule has 0 aliphatic carbocycles. The van der Waals surface area contributed by atoms with Gasteiger partial charge in [0.25, 0.3) is 5.56 Å². The van der Waals surface area contributed by atoms with Gasteiger partial charge >= 0.3 is 0 Å². The van der Waals surface area contributed by atoms with E-state index in [-0.39, 0.29) is 22.8 Å². The fourth-order valence-corrected chi connectivity index (χ4v) is 4.54. The molecule has 174 valence electrons. The van der Waals surface area contributed by atoms with Gasteiger partial charge in [0.15, 0.2) is 0 Å². The van der Waals surface area contributed by atoms with Crippen molar-refractivity contribution in [3.63, 3.8) is 0 Å². The second-order valence-corrected chi connectivity index (χ2v) is 9.21. The van der Waals surface area contributed by atoms with Gasteiger partial charge in [0.2, 0.25) is 0 Å². The molecular formula is C29H20Cl2FNO2. The Balaban J connectivity index is 1.53. The van der Waals surface area contributed by atoms with Crippen molar-refractivity contribution in [3.05, 3.63) is 134 Å². The number of fused-ring (bicyclic) bond motifs is 1. The maximum absolute atomic E-state index is 13.6. The Hall–Kier alpha value is -3.60. The third kappa shape index (κ3) is 4.68. The molecule has 4 aromatic carbocycles. The minimum Gasteiger partial charge on any atom is -0.507 e. The van der Waals surface area contributed by atoms with E-state index in [0.717, 1.165) is 22.3 Å². The average Bonchev–Trinajstić information content (AvgIpc) is 2.87. The number of hydrogen-bond donors (Lipinski definition) is 1. The molecule has 0 spiro atoms. The molecule has 35 heavy (non-hydrogen) atoms. The molecule has 1 aromatic heterocycles. The van der Waals surface area contributed by atoms with Crippen molar-refractivity contribution in [2.45, 2.75) is 13.0 Å². The summed E-state index contributed by atoms with van der Waals surface area (Å²) in [6.07, 6.45) is 0.264. The van der Waals surface area contributed by atoms with Crippen LogP contribution in [0.4, 0.5) is 4.39 Å². The van der Waals surface area contributed by atoms with Crippen LogP contribution in [0.1, 0.15) is 16.7 Å². The van der Waals surface area contributed by atoms with Crippen LogP contribution >= 0.6 is 23.2 Å². The molecule has 0 bridgehead atoms. The lowest BCUT2D eigenvalue weighted by Crippen LogP contribution is -2.25. The summed E-state index contributed by atoms with van der Waals surface area (Å²) in [4.78, 5) is 13.6. The smallest absolute Gasteiger partial charge is 0.258 e. The third-order valence-corrected chi connectivity index (χ3v) is 6.62. The van der Waals surface area contributed by atoms with E-state index in [0.29, 0.717) is 28.0 Å². The van der Waals surface area contributed by atoms with Crippen LogP contribution in [0.15, 0.2) is 95.8 Å². The first-order valence-corrected chi connectivity index (χ1v) is 11.8. The lowest BCUT2D eigenvalue weighted by atomic mass is 9.99. The van der Waals surface area contributed by atoms with Crippen LogP contribution in [0.3, 0.4) is 0 Å². The van der Waals surface area contributed by atoms with Crippen LogP contribution in [0.25, 0.3) is 22.0 Å². The van der Waals surface area contributed by atoms with E-state index in [1.54, 1.807) is 28.8 Å². The second kappa shape index (κ2) is 9.57. The van der Waals surface area contributed by atoms with E-state index in [1.165, 1.54) is 6.07 Å².